The lowest BCUT2D eigenvalue weighted by Gasteiger charge is -2.38. The molecule has 1 amide bonds. The van der Waals surface area contributed by atoms with Crippen molar-refractivity contribution in [1.82, 2.24) is 24.6 Å². The largest absolute Gasteiger partial charge is 0.472 e. The highest BCUT2D eigenvalue weighted by Crippen LogP contribution is 2.44. The van der Waals surface area contributed by atoms with Gasteiger partial charge in [-0.25, -0.2) is 9.37 Å². The summed E-state index contributed by atoms with van der Waals surface area (Å²) in [5.41, 5.74) is 1.81. The Kier molecular flexibility index (Phi) is 8.41. The molecule has 0 saturated carbocycles. The molecule has 244 valence electrons. The summed E-state index contributed by atoms with van der Waals surface area (Å²) in [6.45, 7) is 5.00. The van der Waals surface area contributed by atoms with Crippen molar-refractivity contribution < 1.29 is 13.9 Å². The first-order valence-electron chi connectivity index (χ1n) is 16.3. The van der Waals surface area contributed by atoms with Gasteiger partial charge >= 0.3 is 0 Å². The van der Waals surface area contributed by atoms with Crippen molar-refractivity contribution in [3.05, 3.63) is 65.1 Å². The molecule has 2 aliphatic rings. The van der Waals surface area contributed by atoms with Crippen molar-refractivity contribution in [2.24, 2.45) is 0 Å². The molecule has 2 aliphatic heterocycles. The minimum Gasteiger partial charge on any atom is -0.472 e. The van der Waals surface area contributed by atoms with Crippen LogP contribution in [-0.2, 0) is 4.79 Å². The highest BCUT2D eigenvalue weighted by Gasteiger charge is 2.34. The molecule has 0 spiro atoms. The Hall–Kier alpha value is -4.77. The van der Waals surface area contributed by atoms with E-state index in [9.17, 15) is 15.3 Å². The number of rotatable bonds is 6. The number of likely N-dealkylation sites (N-methyl/N-ethyl adjacent to an activating group) is 1. The second-order valence-corrected chi connectivity index (χ2v) is 13.4. The van der Waals surface area contributed by atoms with Crippen molar-refractivity contribution in [1.29, 1.82) is 10.5 Å². The van der Waals surface area contributed by atoms with Crippen LogP contribution >= 0.6 is 11.6 Å². The molecular formula is C37H35ClFN7O2. The van der Waals surface area contributed by atoms with E-state index >= 15 is 4.39 Å². The number of hydrogen-bond donors (Lipinski definition) is 0. The standard InChI is InChI=1S/C37H35ClFN7O2/c1-21(31-11-6-15-44(31)3)48-37-29-20-42-46(26-13-16-45(22(2)47)25(17-26)12-14-40)36(29)28-18-30(38)33(34(39)35(28)43-37)27-10-5-8-23-7-4-9-24(19-41)32(23)27/h4-5,7-10,18,20-21,25-26,31H,6,11-13,15-17H2,1-3H3/t21-,25+,26-,31-/m0/s1. The Labute approximate surface area is 283 Å². The predicted octanol–water partition coefficient (Wildman–Crippen LogP) is 7.40. The highest BCUT2D eigenvalue weighted by molar-refractivity contribution is 6.35. The lowest BCUT2D eigenvalue weighted by atomic mass is 9.93. The van der Waals surface area contributed by atoms with Crippen LogP contribution in [0.25, 0.3) is 43.7 Å². The quantitative estimate of drug-likeness (QED) is 0.186. The Morgan fingerprint density at radius 3 is 2.67 bits per heavy atom. The van der Waals surface area contributed by atoms with Crippen LogP contribution in [0.5, 0.6) is 5.88 Å². The van der Waals surface area contributed by atoms with E-state index in [1.54, 1.807) is 35.4 Å². The number of piperidine rings is 1. The minimum atomic E-state index is -0.614. The van der Waals surface area contributed by atoms with E-state index in [-0.39, 0.29) is 58.5 Å². The molecule has 2 saturated heterocycles. The minimum absolute atomic E-state index is 0.0652. The number of ether oxygens (including phenoxy) is 1. The molecule has 2 fully saturated rings. The Bertz CT molecular complexity index is 2160. The van der Waals surface area contributed by atoms with Crippen LogP contribution in [-0.4, -0.2) is 68.8 Å². The SMILES string of the molecule is CC(=O)N1CC[C@H](n2ncc3c(O[C@@H](C)[C@@H]4CCCN4C)nc4c(F)c(-c5cccc6cccc(C#N)c56)c(Cl)cc4c32)C[C@H]1CC#N. The van der Waals surface area contributed by atoms with Crippen LogP contribution < -0.4 is 4.74 Å². The summed E-state index contributed by atoms with van der Waals surface area (Å²) in [6, 6.07) is 16.8. The third-order valence-electron chi connectivity index (χ3n) is 10.2. The van der Waals surface area contributed by atoms with Crippen molar-refractivity contribution >= 4 is 50.1 Å². The Morgan fingerprint density at radius 1 is 1.17 bits per heavy atom. The summed E-state index contributed by atoms with van der Waals surface area (Å²) in [7, 11) is 2.08. The van der Waals surface area contributed by atoms with Crippen molar-refractivity contribution in [3.8, 4) is 29.1 Å². The van der Waals surface area contributed by atoms with E-state index in [0.717, 1.165) is 24.8 Å². The number of nitrogens with zero attached hydrogens (tertiary/aromatic N) is 7. The maximum absolute atomic E-state index is 17.2. The van der Waals surface area contributed by atoms with Gasteiger partial charge in [-0.05, 0) is 69.3 Å². The van der Waals surface area contributed by atoms with Gasteiger partial charge in [-0.15, -0.1) is 0 Å². The summed E-state index contributed by atoms with van der Waals surface area (Å²) in [5, 5.41) is 27.0. The van der Waals surface area contributed by atoms with Crippen LogP contribution in [0.2, 0.25) is 5.02 Å². The molecule has 4 atom stereocenters. The number of fused-ring (bicyclic) bond motifs is 4. The third-order valence-corrected chi connectivity index (χ3v) is 10.5. The van der Waals surface area contributed by atoms with Gasteiger partial charge in [0, 0.05) is 41.9 Å². The zero-order valence-corrected chi connectivity index (χ0v) is 27.8. The van der Waals surface area contributed by atoms with Gasteiger partial charge in [0.1, 0.15) is 11.6 Å². The van der Waals surface area contributed by atoms with E-state index in [0.29, 0.717) is 52.2 Å². The fraction of sp³-hybridized carbons (Fsp3) is 0.378. The number of benzene rings is 3. The molecule has 11 heteroatoms. The number of carbonyl (C=O) groups is 1. The number of aromatic nitrogens is 3. The third kappa shape index (κ3) is 5.30. The number of nitriles is 2. The maximum atomic E-state index is 17.2. The number of likely N-dealkylation sites (tertiary alicyclic amines) is 2. The second-order valence-electron chi connectivity index (χ2n) is 13.0. The van der Waals surface area contributed by atoms with Crippen LogP contribution in [0, 0.1) is 28.5 Å². The van der Waals surface area contributed by atoms with Gasteiger partial charge in [0.25, 0.3) is 0 Å². The molecule has 2 aromatic heterocycles. The first-order valence-corrected chi connectivity index (χ1v) is 16.7. The number of halogens is 2. The average molecular weight is 664 g/mol. The van der Waals surface area contributed by atoms with Gasteiger partial charge in [0.15, 0.2) is 5.82 Å². The first kappa shape index (κ1) is 31.8. The number of pyridine rings is 1. The van der Waals surface area contributed by atoms with Crippen LogP contribution in [0.3, 0.4) is 0 Å². The first-order chi connectivity index (χ1) is 23.2. The zero-order valence-electron chi connectivity index (χ0n) is 27.1. The Balaban J connectivity index is 1.45. The highest BCUT2D eigenvalue weighted by atomic mass is 35.5. The molecule has 3 aromatic carbocycles. The van der Waals surface area contributed by atoms with Gasteiger partial charge in [-0.3, -0.25) is 14.4 Å². The van der Waals surface area contributed by atoms with Gasteiger partial charge < -0.3 is 9.64 Å². The molecule has 0 N–H and O–H groups in total. The maximum Gasteiger partial charge on any atom is 0.225 e. The molecule has 5 aromatic rings. The smallest absolute Gasteiger partial charge is 0.225 e. The van der Waals surface area contributed by atoms with E-state index in [2.05, 4.69) is 24.1 Å². The van der Waals surface area contributed by atoms with E-state index < -0.39 is 5.82 Å². The number of carbonyl (C=O) groups excluding carboxylic acids is 1. The summed E-state index contributed by atoms with van der Waals surface area (Å²) >= 11 is 6.99. The zero-order chi connectivity index (χ0) is 33.7. The topological polar surface area (TPSA) is 111 Å². The monoisotopic (exact) mass is 663 g/mol. The van der Waals surface area contributed by atoms with Crippen LogP contribution in [0.4, 0.5) is 4.39 Å². The molecule has 48 heavy (non-hydrogen) atoms. The number of amides is 1. The van der Waals surface area contributed by atoms with Crippen molar-refractivity contribution in [2.75, 3.05) is 20.1 Å². The second kappa shape index (κ2) is 12.7. The molecule has 4 heterocycles. The van der Waals surface area contributed by atoms with E-state index in [4.69, 9.17) is 26.4 Å². The molecule has 0 unspecified atom stereocenters. The van der Waals surface area contributed by atoms with Crippen molar-refractivity contribution in [3.63, 3.8) is 0 Å². The van der Waals surface area contributed by atoms with Crippen LogP contribution in [0.15, 0.2) is 48.7 Å². The van der Waals surface area contributed by atoms with Gasteiger partial charge in [-0.1, -0.05) is 41.9 Å². The summed E-state index contributed by atoms with van der Waals surface area (Å²) in [5.74, 6) is -0.393. The summed E-state index contributed by atoms with van der Waals surface area (Å²) in [6.07, 6.45) is 4.89. The van der Waals surface area contributed by atoms with Gasteiger partial charge in [0.2, 0.25) is 11.8 Å². The fourth-order valence-corrected chi connectivity index (χ4v) is 8.15. The summed E-state index contributed by atoms with van der Waals surface area (Å²) < 4.78 is 25.6. The Morgan fingerprint density at radius 2 is 1.96 bits per heavy atom. The van der Waals surface area contributed by atoms with E-state index in [1.807, 2.05) is 29.8 Å². The molecule has 7 rings (SSSR count). The lowest BCUT2D eigenvalue weighted by molar-refractivity contribution is -0.132. The van der Waals surface area contributed by atoms with Crippen LogP contribution in [0.1, 0.15) is 57.6 Å². The molecule has 0 radical (unpaired) electrons. The van der Waals surface area contributed by atoms with E-state index in [1.165, 1.54) is 6.92 Å². The summed E-state index contributed by atoms with van der Waals surface area (Å²) in [4.78, 5) is 21.2. The van der Waals surface area contributed by atoms with Gasteiger partial charge in [0.05, 0.1) is 52.3 Å². The molecule has 0 bridgehead atoms. The fourth-order valence-electron chi connectivity index (χ4n) is 7.85. The average Bonchev–Trinajstić information content (AvgIpc) is 3.72. The molecular weight excluding hydrogens is 629 g/mol. The predicted molar refractivity (Wildman–Crippen MR) is 183 cm³/mol. The lowest BCUT2D eigenvalue weighted by Crippen LogP contribution is -2.45. The number of hydrogen-bond acceptors (Lipinski definition) is 7. The van der Waals surface area contributed by atoms with Gasteiger partial charge in [-0.2, -0.15) is 15.6 Å². The van der Waals surface area contributed by atoms with Crippen molar-refractivity contribution in [2.45, 2.75) is 70.2 Å². The normalized spacial score (nSPS) is 20.6. The molecule has 0 aliphatic carbocycles. The molecule has 9 nitrogen and oxygen atoms in total.